The van der Waals surface area contributed by atoms with Crippen LogP contribution >= 0.6 is 0 Å². The number of allylic oxidation sites excluding steroid dienone is 1. The highest BCUT2D eigenvalue weighted by Crippen LogP contribution is 2.30. The second-order valence-electron chi connectivity index (χ2n) is 4.49. The van der Waals surface area contributed by atoms with Gasteiger partial charge in [-0.2, -0.15) is 5.10 Å². The lowest BCUT2D eigenvalue weighted by atomic mass is 10.2. The summed E-state index contributed by atoms with van der Waals surface area (Å²) in [5.41, 5.74) is 2.41. The normalized spacial score (nSPS) is 17.0. The molecule has 6 heteroatoms. The minimum atomic E-state index is -0.721. The first-order chi connectivity index (χ1) is 10.8. The molecule has 3 rings (SSSR count). The summed E-state index contributed by atoms with van der Waals surface area (Å²) in [6, 6.07) is 10.8. The molecule has 0 saturated carbocycles. The predicted octanol–water partition coefficient (Wildman–Crippen LogP) is 2.23. The number of hydrogen-bond donors (Lipinski definition) is 1. The summed E-state index contributed by atoms with van der Waals surface area (Å²) >= 11 is 0. The molecule has 0 saturated heterocycles. The first kappa shape index (κ1) is 13.9. The number of hydrazone groups is 1. The van der Waals surface area contributed by atoms with Gasteiger partial charge in [0.2, 0.25) is 6.10 Å². The minimum Gasteiger partial charge on any atom is -0.485 e. The number of rotatable bonds is 4. The molecule has 0 aliphatic carbocycles. The topological polar surface area (TPSA) is 73.1 Å². The van der Waals surface area contributed by atoms with Gasteiger partial charge in [0.1, 0.15) is 12.4 Å². The van der Waals surface area contributed by atoms with Crippen molar-refractivity contribution < 1.29 is 18.7 Å². The molecule has 2 aromatic rings. The van der Waals surface area contributed by atoms with Gasteiger partial charge in [-0.3, -0.25) is 4.79 Å². The van der Waals surface area contributed by atoms with Gasteiger partial charge in [0.05, 0.1) is 6.26 Å². The maximum Gasteiger partial charge on any atom is 0.284 e. The third-order valence-corrected chi connectivity index (χ3v) is 2.94. The fraction of sp³-hybridized carbons (Fsp3) is 0.125. The molecule has 1 unspecified atom stereocenters. The lowest BCUT2D eigenvalue weighted by molar-refractivity contribution is -0.130. The van der Waals surface area contributed by atoms with Gasteiger partial charge in [0.15, 0.2) is 11.5 Å². The van der Waals surface area contributed by atoms with Crippen LogP contribution < -0.4 is 14.9 Å². The van der Waals surface area contributed by atoms with E-state index >= 15 is 0 Å². The Hall–Kier alpha value is -3.02. The van der Waals surface area contributed by atoms with Crippen LogP contribution in [0.2, 0.25) is 0 Å². The van der Waals surface area contributed by atoms with Crippen molar-refractivity contribution in [1.82, 2.24) is 5.43 Å². The smallest absolute Gasteiger partial charge is 0.284 e. The van der Waals surface area contributed by atoms with E-state index in [9.17, 15) is 4.79 Å². The van der Waals surface area contributed by atoms with Crippen molar-refractivity contribution >= 4 is 18.2 Å². The molecule has 22 heavy (non-hydrogen) atoms. The maximum atomic E-state index is 11.9. The molecule has 1 aliphatic heterocycles. The van der Waals surface area contributed by atoms with E-state index in [4.69, 9.17) is 13.9 Å². The number of fused-ring (bicyclic) bond motifs is 1. The molecule has 6 nitrogen and oxygen atoms in total. The van der Waals surface area contributed by atoms with Gasteiger partial charge in [-0.15, -0.1) is 0 Å². The van der Waals surface area contributed by atoms with Crippen molar-refractivity contribution in [3.8, 4) is 11.5 Å². The lowest BCUT2D eigenvalue weighted by Gasteiger charge is -2.24. The van der Waals surface area contributed by atoms with Crippen LogP contribution in [-0.4, -0.2) is 24.8 Å². The van der Waals surface area contributed by atoms with E-state index in [1.807, 2.05) is 18.2 Å². The van der Waals surface area contributed by atoms with Crippen LogP contribution in [0.15, 0.2) is 58.3 Å². The molecular weight excluding hydrogens is 284 g/mol. The van der Waals surface area contributed by atoms with Gasteiger partial charge in [0, 0.05) is 6.21 Å². The fourth-order valence-electron chi connectivity index (χ4n) is 1.89. The molecule has 1 N–H and O–H groups in total. The summed E-state index contributed by atoms with van der Waals surface area (Å²) in [5, 5.41) is 3.81. The largest absolute Gasteiger partial charge is 0.485 e. The number of nitrogens with one attached hydrogen (secondary N) is 1. The van der Waals surface area contributed by atoms with Gasteiger partial charge in [-0.1, -0.05) is 12.1 Å². The summed E-state index contributed by atoms with van der Waals surface area (Å²) in [6.07, 6.45) is 5.70. The Morgan fingerprint density at radius 2 is 2.09 bits per heavy atom. The molecular formula is C16H14N2O4. The van der Waals surface area contributed by atoms with Crippen LogP contribution in [0.5, 0.6) is 11.5 Å². The Labute approximate surface area is 127 Å². The Bertz CT molecular complexity index is 692. The van der Waals surface area contributed by atoms with E-state index < -0.39 is 6.10 Å². The second-order valence-corrected chi connectivity index (χ2v) is 4.49. The van der Waals surface area contributed by atoms with Crippen molar-refractivity contribution in [3.63, 3.8) is 0 Å². The number of para-hydroxylation sites is 2. The average molecular weight is 298 g/mol. The van der Waals surface area contributed by atoms with E-state index in [1.165, 1.54) is 6.21 Å². The number of furan rings is 1. The zero-order chi connectivity index (χ0) is 15.2. The summed E-state index contributed by atoms with van der Waals surface area (Å²) < 4.78 is 16.2. The van der Waals surface area contributed by atoms with Crippen LogP contribution in [0.1, 0.15) is 5.76 Å². The Morgan fingerprint density at radius 1 is 1.23 bits per heavy atom. The van der Waals surface area contributed by atoms with Crippen LogP contribution in [0, 0.1) is 0 Å². The number of benzene rings is 1. The van der Waals surface area contributed by atoms with Crippen molar-refractivity contribution in [1.29, 1.82) is 0 Å². The van der Waals surface area contributed by atoms with E-state index in [0.29, 0.717) is 17.3 Å². The molecule has 1 atom stereocenters. The Balaban J connectivity index is 1.50. The van der Waals surface area contributed by atoms with Crippen LogP contribution in [0.4, 0.5) is 0 Å². The number of amides is 1. The first-order valence-corrected chi connectivity index (χ1v) is 6.74. The van der Waals surface area contributed by atoms with Gasteiger partial charge in [-0.25, -0.2) is 5.43 Å². The van der Waals surface area contributed by atoms with Crippen molar-refractivity contribution in [2.75, 3.05) is 6.61 Å². The second kappa shape index (κ2) is 6.62. The van der Waals surface area contributed by atoms with E-state index in [0.717, 1.165) is 0 Å². The van der Waals surface area contributed by atoms with Crippen LogP contribution in [0.25, 0.3) is 6.08 Å². The first-order valence-electron chi connectivity index (χ1n) is 6.74. The molecule has 0 bridgehead atoms. The highest BCUT2D eigenvalue weighted by Gasteiger charge is 2.26. The summed E-state index contributed by atoms with van der Waals surface area (Å²) in [4.78, 5) is 11.9. The van der Waals surface area contributed by atoms with Crippen molar-refractivity contribution in [2.24, 2.45) is 5.10 Å². The zero-order valence-electron chi connectivity index (χ0n) is 11.6. The third-order valence-electron chi connectivity index (χ3n) is 2.94. The van der Waals surface area contributed by atoms with E-state index in [1.54, 1.807) is 36.6 Å². The van der Waals surface area contributed by atoms with Gasteiger partial charge in [0.25, 0.3) is 5.91 Å². The van der Waals surface area contributed by atoms with Crippen LogP contribution in [-0.2, 0) is 4.79 Å². The molecule has 0 fully saturated rings. The minimum absolute atomic E-state index is 0.153. The predicted molar refractivity (Wildman–Crippen MR) is 80.7 cm³/mol. The fourth-order valence-corrected chi connectivity index (χ4v) is 1.89. The van der Waals surface area contributed by atoms with E-state index in [2.05, 4.69) is 10.5 Å². The van der Waals surface area contributed by atoms with E-state index in [-0.39, 0.29) is 12.5 Å². The van der Waals surface area contributed by atoms with Crippen LogP contribution in [0.3, 0.4) is 0 Å². The molecule has 0 spiro atoms. The SMILES string of the molecule is O=C(NN=CC=Cc1ccco1)C1COc2ccccc2O1. The van der Waals surface area contributed by atoms with Crippen molar-refractivity contribution in [2.45, 2.75) is 6.10 Å². The average Bonchev–Trinajstić information content (AvgIpc) is 3.07. The standard InChI is InChI=1S/C16H14N2O4/c19-16(18-17-9-3-5-12-6-4-10-20-12)15-11-21-13-7-1-2-8-14(13)22-15/h1-10,15H,11H2,(H,18,19). The molecule has 2 heterocycles. The van der Waals surface area contributed by atoms with Crippen molar-refractivity contribution in [3.05, 3.63) is 54.5 Å². The summed E-state index contributed by atoms with van der Waals surface area (Å²) in [7, 11) is 0. The number of nitrogens with zero attached hydrogens (tertiary/aromatic N) is 1. The van der Waals surface area contributed by atoms with Gasteiger partial charge >= 0.3 is 0 Å². The van der Waals surface area contributed by atoms with Gasteiger partial charge < -0.3 is 13.9 Å². The molecule has 1 aliphatic rings. The Morgan fingerprint density at radius 3 is 2.91 bits per heavy atom. The number of carbonyl (C=O) groups excluding carboxylic acids is 1. The number of carbonyl (C=O) groups is 1. The molecule has 1 aromatic carbocycles. The molecule has 1 aromatic heterocycles. The molecule has 1 amide bonds. The third kappa shape index (κ3) is 3.35. The molecule has 0 radical (unpaired) electrons. The summed E-state index contributed by atoms with van der Waals surface area (Å²) in [6.45, 7) is 0.153. The monoisotopic (exact) mass is 298 g/mol. The number of ether oxygens (including phenoxy) is 2. The quantitative estimate of drug-likeness (QED) is 0.694. The summed E-state index contributed by atoms with van der Waals surface area (Å²) in [5.74, 6) is 1.53. The Kier molecular flexibility index (Phi) is 4.20. The highest BCUT2D eigenvalue weighted by atomic mass is 16.6. The zero-order valence-corrected chi connectivity index (χ0v) is 11.6. The maximum absolute atomic E-state index is 11.9. The number of hydrogen-bond acceptors (Lipinski definition) is 5. The molecule has 112 valence electrons. The lowest BCUT2D eigenvalue weighted by Crippen LogP contribution is -2.42. The van der Waals surface area contributed by atoms with Gasteiger partial charge in [-0.05, 0) is 36.4 Å². The highest BCUT2D eigenvalue weighted by molar-refractivity contribution is 5.84.